The molecule has 2 heterocycles. The fourth-order valence-corrected chi connectivity index (χ4v) is 2.85. The Balaban J connectivity index is 2.38. The van der Waals surface area contributed by atoms with Gasteiger partial charge in [-0.05, 0) is 24.7 Å². The second-order valence-corrected chi connectivity index (χ2v) is 4.91. The van der Waals surface area contributed by atoms with Crippen molar-refractivity contribution in [3.05, 3.63) is 40.3 Å². The number of methoxy groups -OCH3 is 2. The zero-order valence-corrected chi connectivity index (χ0v) is 12.2. The van der Waals surface area contributed by atoms with Crippen LogP contribution in [-0.4, -0.2) is 25.7 Å². The second kappa shape index (κ2) is 6.54. The number of thiophene rings is 1. The number of hydrogen-bond acceptors (Lipinski definition) is 5. The normalized spacial score (nSPS) is 12.2. The molecule has 2 aromatic heterocycles. The lowest BCUT2D eigenvalue weighted by molar-refractivity contribution is 0.400. The van der Waals surface area contributed by atoms with Gasteiger partial charge in [-0.1, -0.05) is 6.92 Å². The SMILES string of the molecule is CCNC(c1cc(OC)cs1)c1ncccc1OC. The number of nitrogens with one attached hydrogen (secondary N) is 1. The lowest BCUT2D eigenvalue weighted by Gasteiger charge is -2.18. The third kappa shape index (κ3) is 3.05. The van der Waals surface area contributed by atoms with Crippen molar-refractivity contribution in [1.29, 1.82) is 0 Å². The van der Waals surface area contributed by atoms with Crippen LogP contribution in [0.25, 0.3) is 0 Å². The maximum Gasteiger partial charge on any atom is 0.142 e. The highest BCUT2D eigenvalue weighted by atomic mass is 32.1. The first-order valence-electron chi connectivity index (χ1n) is 6.14. The highest BCUT2D eigenvalue weighted by Crippen LogP contribution is 2.33. The summed E-state index contributed by atoms with van der Waals surface area (Å²) in [6.45, 7) is 2.93. The molecule has 1 atom stereocenters. The summed E-state index contributed by atoms with van der Waals surface area (Å²) in [6.07, 6.45) is 1.78. The molecule has 0 saturated carbocycles. The van der Waals surface area contributed by atoms with Gasteiger partial charge < -0.3 is 14.8 Å². The molecule has 0 amide bonds. The fourth-order valence-electron chi connectivity index (χ4n) is 1.92. The summed E-state index contributed by atoms with van der Waals surface area (Å²) in [7, 11) is 3.34. The van der Waals surface area contributed by atoms with Crippen LogP contribution in [0.5, 0.6) is 11.5 Å². The maximum absolute atomic E-state index is 5.40. The van der Waals surface area contributed by atoms with E-state index in [-0.39, 0.29) is 6.04 Å². The van der Waals surface area contributed by atoms with Crippen LogP contribution in [0.1, 0.15) is 23.5 Å². The van der Waals surface area contributed by atoms with Gasteiger partial charge in [0.25, 0.3) is 0 Å². The molecule has 0 aliphatic heterocycles. The predicted octanol–water partition coefficient (Wildman–Crippen LogP) is 2.86. The zero-order valence-electron chi connectivity index (χ0n) is 11.3. The van der Waals surface area contributed by atoms with Gasteiger partial charge in [-0.15, -0.1) is 11.3 Å². The molecule has 19 heavy (non-hydrogen) atoms. The number of ether oxygens (including phenoxy) is 2. The third-order valence-electron chi connectivity index (χ3n) is 2.82. The molecule has 0 radical (unpaired) electrons. The molecule has 4 nitrogen and oxygen atoms in total. The van der Waals surface area contributed by atoms with Crippen LogP contribution in [0, 0.1) is 0 Å². The van der Waals surface area contributed by atoms with Crippen molar-refractivity contribution in [1.82, 2.24) is 10.3 Å². The Kier molecular flexibility index (Phi) is 4.76. The summed E-state index contributed by atoms with van der Waals surface area (Å²) >= 11 is 1.65. The van der Waals surface area contributed by atoms with Gasteiger partial charge in [-0.25, -0.2) is 0 Å². The molecular formula is C14H18N2O2S. The fraction of sp³-hybridized carbons (Fsp3) is 0.357. The summed E-state index contributed by atoms with van der Waals surface area (Å²) in [5.41, 5.74) is 0.899. The molecule has 2 aromatic rings. The van der Waals surface area contributed by atoms with E-state index in [0.29, 0.717) is 0 Å². The van der Waals surface area contributed by atoms with E-state index in [1.54, 1.807) is 31.8 Å². The molecule has 0 fully saturated rings. The topological polar surface area (TPSA) is 43.4 Å². The maximum atomic E-state index is 5.40. The Morgan fingerprint density at radius 2 is 2.21 bits per heavy atom. The van der Waals surface area contributed by atoms with E-state index in [2.05, 4.69) is 17.2 Å². The number of pyridine rings is 1. The van der Waals surface area contributed by atoms with E-state index < -0.39 is 0 Å². The largest absolute Gasteiger partial charge is 0.496 e. The van der Waals surface area contributed by atoms with Gasteiger partial charge in [0.1, 0.15) is 17.2 Å². The smallest absolute Gasteiger partial charge is 0.142 e. The van der Waals surface area contributed by atoms with Crippen LogP contribution in [0.3, 0.4) is 0 Å². The number of hydrogen-bond donors (Lipinski definition) is 1. The van der Waals surface area contributed by atoms with Crippen LogP contribution in [0.4, 0.5) is 0 Å². The van der Waals surface area contributed by atoms with Crippen LogP contribution in [-0.2, 0) is 0 Å². The zero-order chi connectivity index (χ0) is 13.7. The Morgan fingerprint density at radius 3 is 2.84 bits per heavy atom. The molecular weight excluding hydrogens is 260 g/mol. The van der Waals surface area contributed by atoms with Gasteiger partial charge in [-0.3, -0.25) is 4.98 Å². The van der Waals surface area contributed by atoms with Crippen LogP contribution in [0.2, 0.25) is 0 Å². The van der Waals surface area contributed by atoms with Crippen molar-refractivity contribution < 1.29 is 9.47 Å². The van der Waals surface area contributed by atoms with Gasteiger partial charge in [0, 0.05) is 16.5 Å². The van der Waals surface area contributed by atoms with E-state index >= 15 is 0 Å². The van der Waals surface area contributed by atoms with Crippen molar-refractivity contribution in [3.63, 3.8) is 0 Å². The number of nitrogens with zero attached hydrogens (tertiary/aromatic N) is 1. The summed E-state index contributed by atoms with van der Waals surface area (Å²) in [6, 6.07) is 5.86. The molecule has 0 spiro atoms. The first-order chi connectivity index (χ1) is 9.30. The Morgan fingerprint density at radius 1 is 1.37 bits per heavy atom. The molecule has 102 valence electrons. The van der Waals surface area contributed by atoms with Crippen LogP contribution >= 0.6 is 11.3 Å². The quantitative estimate of drug-likeness (QED) is 0.882. The Bertz CT molecular complexity index is 528. The third-order valence-corrected chi connectivity index (χ3v) is 3.79. The van der Waals surface area contributed by atoms with Gasteiger partial charge in [-0.2, -0.15) is 0 Å². The van der Waals surface area contributed by atoms with Crippen molar-refractivity contribution >= 4 is 11.3 Å². The highest BCUT2D eigenvalue weighted by Gasteiger charge is 2.20. The minimum atomic E-state index is 0.0232. The molecule has 0 bridgehead atoms. The minimum absolute atomic E-state index is 0.0232. The van der Waals surface area contributed by atoms with Crippen molar-refractivity contribution in [2.24, 2.45) is 0 Å². The minimum Gasteiger partial charge on any atom is -0.496 e. The van der Waals surface area contributed by atoms with Gasteiger partial charge in [0.15, 0.2) is 0 Å². The van der Waals surface area contributed by atoms with E-state index in [4.69, 9.17) is 9.47 Å². The molecule has 0 aliphatic rings. The van der Waals surface area contributed by atoms with Gasteiger partial charge in [0.2, 0.25) is 0 Å². The Labute approximate surface area is 117 Å². The second-order valence-electron chi connectivity index (χ2n) is 3.97. The standard InChI is InChI=1S/C14H18N2O2S/c1-4-15-14(12-8-10(17-2)9-19-12)13-11(18-3)6-5-7-16-13/h5-9,14-15H,4H2,1-3H3. The van der Waals surface area contributed by atoms with Gasteiger partial charge in [0.05, 0.1) is 20.3 Å². The van der Waals surface area contributed by atoms with Crippen molar-refractivity contribution in [2.45, 2.75) is 13.0 Å². The lowest BCUT2D eigenvalue weighted by Crippen LogP contribution is -2.22. The molecule has 1 unspecified atom stereocenters. The summed E-state index contributed by atoms with van der Waals surface area (Å²) < 4.78 is 10.6. The predicted molar refractivity (Wildman–Crippen MR) is 77.2 cm³/mol. The van der Waals surface area contributed by atoms with E-state index in [1.807, 2.05) is 23.6 Å². The van der Waals surface area contributed by atoms with E-state index in [0.717, 1.165) is 28.6 Å². The van der Waals surface area contributed by atoms with Crippen molar-refractivity contribution in [3.8, 4) is 11.5 Å². The van der Waals surface area contributed by atoms with E-state index in [1.165, 1.54) is 0 Å². The van der Waals surface area contributed by atoms with Crippen LogP contribution < -0.4 is 14.8 Å². The molecule has 0 aromatic carbocycles. The van der Waals surface area contributed by atoms with Crippen LogP contribution in [0.15, 0.2) is 29.8 Å². The average Bonchev–Trinajstić information content (AvgIpc) is 2.93. The monoisotopic (exact) mass is 278 g/mol. The van der Waals surface area contributed by atoms with Gasteiger partial charge >= 0.3 is 0 Å². The molecule has 0 saturated heterocycles. The number of rotatable bonds is 6. The molecule has 1 N–H and O–H groups in total. The summed E-state index contributed by atoms with van der Waals surface area (Å²) in [5, 5.41) is 5.43. The molecule has 0 aliphatic carbocycles. The molecule has 2 rings (SSSR count). The Hall–Kier alpha value is -1.59. The average molecular weight is 278 g/mol. The van der Waals surface area contributed by atoms with Crippen molar-refractivity contribution in [2.75, 3.05) is 20.8 Å². The summed E-state index contributed by atoms with van der Waals surface area (Å²) in [4.78, 5) is 5.62. The molecule has 5 heteroatoms. The summed E-state index contributed by atoms with van der Waals surface area (Å²) in [5.74, 6) is 1.67. The first kappa shape index (κ1) is 13.8. The first-order valence-corrected chi connectivity index (χ1v) is 7.02. The number of aromatic nitrogens is 1. The highest BCUT2D eigenvalue weighted by molar-refractivity contribution is 7.10. The van der Waals surface area contributed by atoms with E-state index in [9.17, 15) is 0 Å². The lowest BCUT2D eigenvalue weighted by atomic mass is 10.1.